The molecule has 0 heterocycles. The molecule has 0 aliphatic heterocycles. The molecule has 3 nitrogen and oxygen atoms in total. The van der Waals surface area contributed by atoms with Gasteiger partial charge in [0.1, 0.15) is 0 Å². The van der Waals surface area contributed by atoms with E-state index in [4.69, 9.17) is 4.74 Å². The number of hydrogen-bond donors (Lipinski definition) is 0. The van der Waals surface area contributed by atoms with Crippen molar-refractivity contribution in [1.29, 1.82) is 0 Å². The topological polar surface area (TPSA) is 35.5 Å². The maximum atomic E-state index is 10.8. The van der Waals surface area contributed by atoms with Crippen LogP contribution in [0, 0.1) is 0 Å². The van der Waals surface area contributed by atoms with Crippen LogP contribution in [0.2, 0.25) is 0 Å². The highest BCUT2D eigenvalue weighted by Gasteiger charge is 1.99. The minimum Gasteiger partial charge on any atom is -0.469 e. The Morgan fingerprint density at radius 1 is 1.07 bits per heavy atom. The molecule has 3 heteroatoms. The van der Waals surface area contributed by atoms with Gasteiger partial charge in [-0.15, -0.1) is 0 Å². The predicted octanol–water partition coefficient (Wildman–Crippen LogP) is 2.93. The van der Waals surface area contributed by atoms with Crippen molar-refractivity contribution in [3.05, 3.63) is 0 Å². The van der Waals surface area contributed by atoms with E-state index in [1.165, 1.54) is 20.0 Å². The Labute approximate surface area is 93.1 Å². The molecule has 0 bridgehead atoms. The van der Waals surface area contributed by atoms with Crippen molar-refractivity contribution in [3.63, 3.8) is 0 Å². The Morgan fingerprint density at radius 2 is 1.67 bits per heavy atom. The van der Waals surface area contributed by atoms with Gasteiger partial charge in [0.2, 0.25) is 0 Å². The molecule has 0 N–H and O–H groups in total. The van der Waals surface area contributed by atoms with Crippen molar-refractivity contribution in [2.75, 3.05) is 13.7 Å². The van der Waals surface area contributed by atoms with Gasteiger partial charge in [-0.3, -0.25) is 4.79 Å². The van der Waals surface area contributed by atoms with Gasteiger partial charge >= 0.3 is 5.97 Å². The molecule has 15 heavy (non-hydrogen) atoms. The molecule has 0 aromatic carbocycles. The van der Waals surface area contributed by atoms with E-state index in [0.717, 1.165) is 25.9 Å². The fraction of sp³-hybridized carbons (Fsp3) is 0.917. The molecule has 0 rings (SSSR count). The lowest BCUT2D eigenvalue weighted by Gasteiger charge is -2.06. The van der Waals surface area contributed by atoms with Gasteiger partial charge in [-0.25, -0.2) is 0 Å². The van der Waals surface area contributed by atoms with Crippen LogP contribution in [0.25, 0.3) is 0 Å². The molecule has 0 radical (unpaired) electrons. The predicted molar refractivity (Wildman–Crippen MR) is 60.8 cm³/mol. The Bertz CT molecular complexity index is 155. The van der Waals surface area contributed by atoms with Crippen molar-refractivity contribution in [2.24, 2.45) is 0 Å². The van der Waals surface area contributed by atoms with Crippen LogP contribution in [0.15, 0.2) is 0 Å². The zero-order chi connectivity index (χ0) is 11.5. The maximum Gasteiger partial charge on any atom is 0.305 e. The molecule has 90 valence electrons. The van der Waals surface area contributed by atoms with Crippen LogP contribution in [0.5, 0.6) is 0 Å². The van der Waals surface area contributed by atoms with Crippen LogP contribution < -0.4 is 0 Å². The SMILES string of the molecule is COC(=O)CCCCCCCOC(C)C. The molecule has 0 aliphatic rings. The van der Waals surface area contributed by atoms with Crippen molar-refractivity contribution in [3.8, 4) is 0 Å². The second-order valence-electron chi connectivity index (χ2n) is 4.01. The Kier molecular flexibility index (Phi) is 9.59. The van der Waals surface area contributed by atoms with E-state index in [0.29, 0.717) is 12.5 Å². The first kappa shape index (κ1) is 14.4. The number of hydrogen-bond acceptors (Lipinski definition) is 3. The van der Waals surface area contributed by atoms with Crippen LogP contribution in [-0.4, -0.2) is 25.8 Å². The van der Waals surface area contributed by atoms with Gasteiger partial charge in [-0.2, -0.15) is 0 Å². The summed E-state index contributed by atoms with van der Waals surface area (Å²) < 4.78 is 9.99. The standard InChI is InChI=1S/C12H24O3/c1-11(2)15-10-8-6-4-5-7-9-12(13)14-3/h11H,4-10H2,1-3H3. The fourth-order valence-electron chi connectivity index (χ4n) is 1.32. The lowest BCUT2D eigenvalue weighted by atomic mass is 10.1. The highest BCUT2D eigenvalue weighted by molar-refractivity contribution is 5.68. The van der Waals surface area contributed by atoms with Gasteiger partial charge < -0.3 is 9.47 Å². The summed E-state index contributed by atoms with van der Waals surface area (Å²) in [5.74, 6) is -0.0989. The second-order valence-corrected chi connectivity index (χ2v) is 4.01. The number of ether oxygens (including phenoxy) is 2. The molecule has 0 aliphatic carbocycles. The lowest BCUT2D eigenvalue weighted by Crippen LogP contribution is -2.03. The number of carbonyl (C=O) groups is 1. The third-order valence-electron chi connectivity index (χ3n) is 2.20. The average Bonchev–Trinajstić information content (AvgIpc) is 2.21. The van der Waals surface area contributed by atoms with Crippen molar-refractivity contribution in [2.45, 2.75) is 58.5 Å². The summed E-state index contributed by atoms with van der Waals surface area (Å²) in [5, 5.41) is 0. The number of rotatable bonds is 9. The zero-order valence-electron chi connectivity index (χ0n) is 10.3. The van der Waals surface area contributed by atoms with Gasteiger partial charge in [-0.05, 0) is 26.7 Å². The van der Waals surface area contributed by atoms with Crippen molar-refractivity contribution >= 4 is 5.97 Å². The summed E-state index contributed by atoms with van der Waals surface area (Å²) in [4.78, 5) is 10.8. The van der Waals surface area contributed by atoms with Crippen molar-refractivity contribution < 1.29 is 14.3 Å². The molecule has 0 unspecified atom stereocenters. The minimum atomic E-state index is -0.0989. The number of unbranched alkanes of at least 4 members (excludes halogenated alkanes) is 4. The monoisotopic (exact) mass is 216 g/mol. The van der Waals surface area contributed by atoms with Gasteiger partial charge in [0, 0.05) is 13.0 Å². The molecular formula is C12H24O3. The maximum absolute atomic E-state index is 10.8. The van der Waals surface area contributed by atoms with Gasteiger partial charge in [0.05, 0.1) is 13.2 Å². The summed E-state index contributed by atoms with van der Waals surface area (Å²) >= 11 is 0. The van der Waals surface area contributed by atoms with E-state index in [2.05, 4.69) is 18.6 Å². The first-order valence-electron chi connectivity index (χ1n) is 5.85. The van der Waals surface area contributed by atoms with E-state index >= 15 is 0 Å². The fourth-order valence-corrected chi connectivity index (χ4v) is 1.32. The molecule has 0 spiro atoms. The average molecular weight is 216 g/mol. The van der Waals surface area contributed by atoms with Crippen LogP contribution in [0.4, 0.5) is 0 Å². The summed E-state index contributed by atoms with van der Waals surface area (Å²) in [6, 6.07) is 0. The van der Waals surface area contributed by atoms with Gasteiger partial charge in [0.25, 0.3) is 0 Å². The number of esters is 1. The first-order valence-corrected chi connectivity index (χ1v) is 5.85. The summed E-state index contributed by atoms with van der Waals surface area (Å²) in [7, 11) is 1.44. The van der Waals surface area contributed by atoms with Crippen LogP contribution in [0.1, 0.15) is 52.4 Å². The smallest absolute Gasteiger partial charge is 0.305 e. The van der Waals surface area contributed by atoms with E-state index < -0.39 is 0 Å². The summed E-state index contributed by atoms with van der Waals surface area (Å²) in [6.45, 7) is 4.96. The lowest BCUT2D eigenvalue weighted by molar-refractivity contribution is -0.140. The van der Waals surface area contributed by atoms with Crippen LogP contribution in [0.3, 0.4) is 0 Å². The Balaban J connectivity index is 3.02. The van der Waals surface area contributed by atoms with E-state index in [1.54, 1.807) is 0 Å². The molecule has 0 amide bonds. The third-order valence-corrected chi connectivity index (χ3v) is 2.20. The van der Waals surface area contributed by atoms with E-state index in [-0.39, 0.29) is 5.97 Å². The summed E-state index contributed by atoms with van der Waals surface area (Å²) in [5.41, 5.74) is 0. The van der Waals surface area contributed by atoms with Gasteiger partial charge in [0.15, 0.2) is 0 Å². The highest BCUT2D eigenvalue weighted by atomic mass is 16.5. The number of carbonyl (C=O) groups excluding carboxylic acids is 1. The molecule has 0 aromatic heterocycles. The normalized spacial score (nSPS) is 10.7. The molecule has 0 atom stereocenters. The van der Waals surface area contributed by atoms with Crippen molar-refractivity contribution in [1.82, 2.24) is 0 Å². The molecule has 0 saturated carbocycles. The van der Waals surface area contributed by atoms with E-state index in [1.807, 2.05) is 0 Å². The highest BCUT2D eigenvalue weighted by Crippen LogP contribution is 2.06. The molecule has 0 fully saturated rings. The zero-order valence-corrected chi connectivity index (χ0v) is 10.3. The second kappa shape index (κ2) is 9.97. The third kappa shape index (κ3) is 11.4. The van der Waals surface area contributed by atoms with E-state index in [9.17, 15) is 4.79 Å². The molecule has 0 saturated heterocycles. The van der Waals surface area contributed by atoms with Gasteiger partial charge in [-0.1, -0.05) is 19.3 Å². The largest absolute Gasteiger partial charge is 0.469 e. The number of methoxy groups -OCH3 is 1. The van der Waals surface area contributed by atoms with Crippen LogP contribution >= 0.6 is 0 Å². The van der Waals surface area contributed by atoms with Crippen LogP contribution in [-0.2, 0) is 14.3 Å². The Morgan fingerprint density at radius 3 is 2.27 bits per heavy atom. The summed E-state index contributed by atoms with van der Waals surface area (Å²) in [6.07, 6.45) is 6.43. The molecular weight excluding hydrogens is 192 g/mol. The molecule has 0 aromatic rings. The quantitative estimate of drug-likeness (QED) is 0.439. The first-order chi connectivity index (χ1) is 7.16. The Hall–Kier alpha value is -0.570. The minimum absolute atomic E-state index is 0.0989.